The molecule has 0 bridgehead atoms. The fourth-order valence-electron chi connectivity index (χ4n) is 5.70. The third-order valence-corrected chi connectivity index (χ3v) is 7.00. The normalized spacial score (nSPS) is 20.1. The maximum Gasteiger partial charge on any atom is 0.307 e. The molecule has 2 aliphatic carbocycles. The molecule has 3 atom stereocenters. The molecule has 34 heavy (non-hydrogen) atoms. The topological polar surface area (TPSA) is 70.4 Å². The number of aromatic nitrogens is 1. The zero-order chi connectivity index (χ0) is 24.4. The number of aliphatic carboxylic acids is 1. The largest absolute Gasteiger partial charge is 0.481 e. The molecule has 1 fully saturated rings. The number of para-hydroxylation sites is 1. The van der Waals surface area contributed by atoms with Crippen LogP contribution in [0.1, 0.15) is 61.9 Å². The molecule has 2 aliphatic rings. The van der Waals surface area contributed by atoms with Gasteiger partial charge in [0.1, 0.15) is 0 Å². The zero-order valence-corrected chi connectivity index (χ0v) is 20.4. The molecule has 4 nitrogen and oxygen atoms in total. The third-order valence-electron chi connectivity index (χ3n) is 7.00. The molecule has 6 rings (SSSR count). The molecule has 2 unspecified atom stereocenters. The Kier molecular flexibility index (Phi) is 5.25. The number of benzene rings is 3. The van der Waals surface area contributed by atoms with Gasteiger partial charge in [-0.05, 0) is 90.1 Å². The molecule has 1 heterocycles. The number of pyridine rings is 1. The minimum atomic E-state index is -0.826. The highest BCUT2D eigenvalue weighted by atomic mass is 16.4. The summed E-state index contributed by atoms with van der Waals surface area (Å²) >= 11 is 0. The van der Waals surface area contributed by atoms with Crippen LogP contribution >= 0.6 is 0 Å². The van der Waals surface area contributed by atoms with E-state index in [4.69, 9.17) is 10.1 Å². The van der Waals surface area contributed by atoms with Gasteiger partial charge < -0.3 is 10.2 Å². The van der Waals surface area contributed by atoms with Gasteiger partial charge in [0.25, 0.3) is 0 Å². The molecule has 0 saturated heterocycles. The smallest absolute Gasteiger partial charge is 0.307 e. The van der Waals surface area contributed by atoms with E-state index < -0.39 is 11.6 Å². The van der Waals surface area contributed by atoms with Gasteiger partial charge in [-0.25, -0.2) is 0 Å². The van der Waals surface area contributed by atoms with Crippen molar-refractivity contribution in [3.8, 4) is 11.1 Å². The van der Waals surface area contributed by atoms with Gasteiger partial charge in [0, 0.05) is 11.1 Å². The Morgan fingerprint density at radius 1 is 0.941 bits per heavy atom. The van der Waals surface area contributed by atoms with E-state index >= 15 is 0 Å². The fraction of sp³-hybridized carbons (Fsp3) is 0.333. The molecule has 3 aromatic carbocycles. The van der Waals surface area contributed by atoms with Crippen LogP contribution in [-0.4, -0.2) is 26.8 Å². The maximum absolute atomic E-state index is 11.7. The molecule has 0 spiro atoms. The second kappa shape index (κ2) is 7.92. The van der Waals surface area contributed by atoms with E-state index in [1.54, 1.807) is 20.8 Å². The van der Waals surface area contributed by atoms with Crippen molar-refractivity contribution in [3.63, 3.8) is 0 Å². The van der Waals surface area contributed by atoms with E-state index in [0.29, 0.717) is 11.8 Å². The Morgan fingerprint density at radius 2 is 1.56 bits per heavy atom. The summed E-state index contributed by atoms with van der Waals surface area (Å²) in [5, 5.41) is 21.8. The number of carboxylic acids is 1. The van der Waals surface area contributed by atoms with Crippen LogP contribution in [0.15, 0.2) is 54.6 Å². The molecule has 0 radical (unpaired) electrons. The summed E-state index contributed by atoms with van der Waals surface area (Å²) in [5.41, 5.74) is 7.09. The highest BCUT2D eigenvalue weighted by Gasteiger charge is 2.53. The van der Waals surface area contributed by atoms with Gasteiger partial charge in [-0.15, -0.1) is 0 Å². The van der Waals surface area contributed by atoms with Crippen molar-refractivity contribution in [1.82, 2.24) is 4.98 Å². The lowest BCUT2D eigenvalue weighted by Gasteiger charge is -2.18. The van der Waals surface area contributed by atoms with Gasteiger partial charge in [-0.1, -0.05) is 55.5 Å². The summed E-state index contributed by atoms with van der Waals surface area (Å²) < 4.78 is 0. The lowest BCUT2D eigenvalue weighted by atomic mass is 9.87. The van der Waals surface area contributed by atoms with Crippen LogP contribution in [0.4, 0.5) is 0 Å². The first-order valence-electron chi connectivity index (χ1n) is 11.9. The monoisotopic (exact) mass is 453 g/mol. The third kappa shape index (κ3) is 3.76. The minimum absolute atomic E-state index is 0.0236. The molecule has 4 aromatic rings. The van der Waals surface area contributed by atoms with Gasteiger partial charge in [0.05, 0.1) is 17.5 Å². The van der Waals surface area contributed by atoms with Crippen molar-refractivity contribution in [2.45, 2.75) is 58.5 Å². The van der Waals surface area contributed by atoms with Gasteiger partial charge >= 0.3 is 5.97 Å². The number of hydrogen-bond donors (Lipinski definition) is 2. The highest BCUT2D eigenvalue weighted by molar-refractivity contribution is 6.09. The summed E-state index contributed by atoms with van der Waals surface area (Å²) in [6, 6.07) is 19.2. The van der Waals surface area contributed by atoms with E-state index in [9.17, 15) is 9.90 Å². The Labute approximate surface area is 200 Å². The van der Waals surface area contributed by atoms with Gasteiger partial charge in [-0.2, -0.15) is 0 Å². The fourth-order valence-corrected chi connectivity index (χ4v) is 5.70. The highest BCUT2D eigenvalue weighted by Crippen LogP contribution is 2.67. The minimum Gasteiger partial charge on any atom is -0.481 e. The summed E-state index contributed by atoms with van der Waals surface area (Å²) in [5.74, 6) is 1.20. The number of carboxylic acid groups (broad SMARTS) is 1. The number of aryl methyl sites for hydroxylation is 1. The number of fused-ring (bicyclic) bond motifs is 4. The quantitative estimate of drug-likeness (QED) is 0.367. The second-order valence-corrected chi connectivity index (χ2v) is 10.7. The van der Waals surface area contributed by atoms with E-state index in [1.807, 2.05) is 25.1 Å². The van der Waals surface area contributed by atoms with Crippen LogP contribution in [-0.2, 0) is 11.2 Å². The summed E-state index contributed by atoms with van der Waals surface area (Å²) in [6.07, 6.45) is -0.0236. The van der Waals surface area contributed by atoms with Crippen LogP contribution in [0.2, 0.25) is 0 Å². The van der Waals surface area contributed by atoms with Crippen molar-refractivity contribution in [3.05, 3.63) is 77.0 Å². The summed E-state index contributed by atoms with van der Waals surface area (Å²) in [6.45, 7) is 9.49. The molecule has 0 amide bonds. The summed E-state index contributed by atoms with van der Waals surface area (Å²) in [4.78, 5) is 16.4. The van der Waals surface area contributed by atoms with Crippen molar-refractivity contribution in [2.75, 3.05) is 0 Å². The lowest BCUT2D eigenvalue weighted by molar-refractivity contribution is -0.136. The number of nitrogens with zero attached hydrogens (tertiary/aromatic N) is 1. The molecule has 4 heteroatoms. The van der Waals surface area contributed by atoms with Crippen molar-refractivity contribution < 1.29 is 15.0 Å². The van der Waals surface area contributed by atoms with Crippen molar-refractivity contribution in [1.29, 1.82) is 0 Å². The van der Waals surface area contributed by atoms with Crippen LogP contribution in [0.25, 0.3) is 32.8 Å². The molecule has 1 aromatic heterocycles. The van der Waals surface area contributed by atoms with E-state index in [0.717, 1.165) is 39.2 Å². The van der Waals surface area contributed by atoms with Crippen LogP contribution in [0.3, 0.4) is 0 Å². The first-order chi connectivity index (χ1) is 16.1. The SMILES string of the molecule is CC(C)(C)O.Cc1nc2ccccc2c(-c2ccc3c4c(cccc24)C2C3[C@@H]2C)c1CC(=O)O. The summed E-state index contributed by atoms with van der Waals surface area (Å²) in [7, 11) is 0. The Morgan fingerprint density at radius 3 is 2.24 bits per heavy atom. The standard InChI is InChI=1S/C26H21NO2.C4H10O/c1-13-23-18-8-5-7-15-16(10-11-19(24(13)23)26(15)18)25-17-6-3-4-9-21(17)27-14(2)20(25)12-22(28)29;1-4(2,3)5/h3-11,13,23-24H,12H2,1-2H3,(H,28,29);5H,1-3H3/t13-,23?,24?;/m1./s1. The van der Waals surface area contributed by atoms with Crippen LogP contribution in [0.5, 0.6) is 0 Å². The predicted octanol–water partition coefficient (Wildman–Crippen LogP) is 6.60. The van der Waals surface area contributed by atoms with Crippen LogP contribution in [0, 0.1) is 12.8 Å². The molecule has 1 saturated carbocycles. The second-order valence-electron chi connectivity index (χ2n) is 10.7. The first-order valence-corrected chi connectivity index (χ1v) is 11.9. The number of carbonyl (C=O) groups is 1. The Balaban J connectivity index is 0.000000439. The molecule has 2 N–H and O–H groups in total. The van der Waals surface area contributed by atoms with Crippen molar-refractivity contribution in [2.24, 2.45) is 5.92 Å². The van der Waals surface area contributed by atoms with Gasteiger partial charge in [-0.3, -0.25) is 9.78 Å². The van der Waals surface area contributed by atoms with Gasteiger partial charge in [0.15, 0.2) is 0 Å². The number of rotatable bonds is 3. The number of hydrogen-bond acceptors (Lipinski definition) is 3. The predicted molar refractivity (Wildman–Crippen MR) is 137 cm³/mol. The maximum atomic E-state index is 11.7. The first kappa shape index (κ1) is 22.5. The Bertz CT molecular complexity index is 1430. The Hall–Kier alpha value is -3.24. The molecule has 0 aliphatic heterocycles. The molecular formula is C30H31NO3. The molecular weight excluding hydrogens is 422 g/mol. The van der Waals surface area contributed by atoms with Gasteiger partial charge in [0.2, 0.25) is 0 Å². The van der Waals surface area contributed by atoms with E-state index in [-0.39, 0.29) is 6.42 Å². The molecule has 174 valence electrons. The lowest BCUT2D eigenvalue weighted by Crippen LogP contribution is -2.10. The average Bonchev–Trinajstić information content (AvgIpc) is 3.28. The van der Waals surface area contributed by atoms with Crippen LogP contribution < -0.4 is 0 Å². The van der Waals surface area contributed by atoms with E-state index in [2.05, 4.69) is 43.3 Å². The number of aliphatic hydroxyl groups is 1. The van der Waals surface area contributed by atoms with Crippen molar-refractivity contribution >= 4 is 27.6 Å². The van der Waals surface area contributed by atoms with E-state index in [1.165, 1.54) is 21.9 Å². The zero-order valence-electron chi connectivity index (χ0n) is 20.4. The average molecular weight is 454 g/mol.